The first-order chi connectivity index (χ1) is 10.7. The number of aliphatic hydroxyl groups is 1. The van der Waals surface area contributed by atoms with E-state index in [0.29, 0.717) is 13.0 Å². The minimum Gasteiger partial charge on any atom is -0.396 e. The molecule has 4 heteroatoms. The maximum absolute atomic E-state index is 12.5. The molecule has 0 saturated carbocycles. The molecule has 4 nitrogen and oxygen atoms in total. The summed E-state index contributed by atoms with van der Waals surface area (Å²) in [4.78, 5) is 14.7. The molecule has 2 rings (SSSR count). The van der Waals surface area contributed by atoms with Crippen LogP contribution in [-0.4, -0.2) is 42.2 Å². The third-order valence-corrected chi connectivity index (χ3v) is 4.21. The van der Waals surface area contributed by atoms with Gasteiger partial charge in [-0.1, -0.05) is 36.3 Å². The molecule has 0 aromatic heterocycles. The fourth-order valence-corrected chi connectivity index (χ4v) is 2.91. The molecule has 1 heterocycles. The summed E-state index contributed by atoms with van der Waals surface area (Å²) in [6, 6.07) is 9.69. The van der Waals surface area contributed by atoms with Crippen LogP contribution in [0.15, 0.2) is 30.3 Å². The second-order valence-corrected chi connectivity index (χ2v) is 5.74. The fraction of sp³-hybridized carbons (Fsp3) is 0.500. The van der Waals surface area contributed by atoms with Crippen LogP contribution in [0, 0.1) is 18.3 Å². The number of nitrogens with one attached hydrogen (secondary N) is 1. The summed E-state index contributed by atoms with van der Waals surface area (Å²) in [5.74, 6) is 2.78. The lowest BCUT2D eigenvalue weighted by atomic mass is 9.94. The highest BCUT2D eigenvalue weighted by Crippen LogP contribution is 2.21. The number of hydrogen-bond donors (Lipinski definition) is 2. The van der Waals surface area contributed by atoms with E-state index in [1.165, 1.54) is 0 Å². The number of aliphatic hydroxyl groups excluding tert-OH is 1. The average molecular weight is 300 g/mol. The lowest BCUT2D eigenvalue weighted by Gasteiger charge is -2.31. The van der Waals surface area contributed by atoms with Crippen LogP contribution in [0.4, 0.5) is 0 Å². The van der Waals surface area contributed by atoms with Gasteiger partial charge in [-0.25, -0.2) is 0 Å². The van der Waals surface area contributed by atoms with Crippen LogP contribution >= 0.6 is 0 Å². The molecule has 0 aliphatic carbocycles. The Hall–Kier alpha value is -1.83. The van der Waals surface area contributed by atoms with Crippen molar-refractivity contribution in [2.24, 2.45) is 5.92 Å². The Bertz CT molecular complexity index is 502. The molecule has 1 fully saturated rings. The quantitative estimate of drug-likeness (QED) is 0.784. The van der Waals surface area contributed by atoms with Crippen molar-refractivity contribution in [1.29, 1.82) is 0 Å². The molecular weight excluding hydrogens is 276 g/mol. The van der Waals surface area contributed by atoms with Crippen molar-refractivity contribution < 1.29 is 9.90 Å². The highest BCUT2D eigenvalue weighted by molar-refractivity contribution is 5.79. The van der Waals surface area contributed by atoms with Gasteiger partial charge in [0, 0.05) is 12.5 Å². The van der Waals surface area contributed by atoms with Gasteiger partial charge in [0.05, 0.1) is 12.6 Å². The van der Waals surface area contributed by atoms with Gasteiger partial charge in [-0.15, -0.1) is 6.42 Å². The molecule has 0 bridgehead atoms. The van der Waals surface area contributed by atoms with Gasteiger partial charge in [-0.3, -0.25) is 9.69 Å². The number of rotatable bonds is 6. The van der Waals surface area contributed by atoms with E-state index in [1.54, 1.807) is 0 Å². The lowest BCUT2D eigenvalue weighted by molar-refractivity contribution is -0.127. The van der Waals surface area contributed by atoms with Crippen molar-refractivity contribution in [2.75, 3.05) is 26.2 Å². The molecule has 1 aliphatic rings. The first kappa shape index (κ1) is 16.5. The third kappa shape index (κ3) is 4.59. The normalized spacial score (nSPS) is 17.6. The molecule has 0 radical (unpaired) electrons. The van der Waals surface area contributed by atoms with Crippen molar-refractivity contribution in [3.8, 4) is 12.3 Å². The number of carbonyl (C=O) groups is 1. The molecular formula is C18H24N2O2. The van der Waals surface area contributed by atoms with Gasteiger partial charge in [0.2, 0.25) is 5.91 Å². The van der Waals surface area contributed by atoms with Gasteiger partial charge in [0.1, 0.15) is 0 Å². The number of likely N-dealkylation sites (tertiary alicyclic amines) is 1. The van der Waals surface area contributed by atoms with Gasteiger partial charge >= 0.3 is 0 Å². The summed E-state index contributed by atoms with van der Waals surface area (Å²) in [7, 11) is 0. The average Bonchev–Trinajstić information content (AvgIpc) is 2.56. The second kappa shape index (κ2) is 8.57. The smallest absolute Gasteiger partial charge is 0.223 e. The summed E-state index contributed by atoms with van der Waals surface area (Å²) >= 11 is 0. The van der Waals surface area contributed by atoms with Gasteiger partial charge < -0.3 is 10.4 Å². The molecule has 22 heavy (non-hydrogen) atoms. The monoisotopic (exact) mass is 300 g/mol. The molecule has 1 aromatic rings. The standard InChI is InChI=1S/C18H24N2O2/c1-2-11-20-12-8-16(9-13-20)18(22)19-17(10-14-21)15-6-4-3-5-7-15/h1,3-7,16-17,21H,8-14H2,(H,19,22). The van der Waals surface area contributed by atoms with Crippen LogP contribution in [0.5, 0.6) is 0 Å². The zero-order valence-electron chi connectivity index (χ0n) is 12.9. The van der Waals surface area contributed by atoms with E-state index in [-0.39, 0.29) is 24.5 Å². The van der Waals surface area contributed by atoms with E-state index in [2.05, 4.69) is 16.1 Å². The predicted octanol–water partition coefficient (Wildman–Crippen LogP) is 1.57. The Kier molecular flexibility index (Phi) is 6.45. The topological polar surface area (TPSA) is 52.6 Å². The number of amides is 1. The molecule has 0 spiro atoms. The number of benzene rings is 1. The molecule has 1 atom stereocenters. The first-order valence-electron chi connectivity index (χ1n) is 7.86. The number of carbonyl (C=O) groups excluding carboxylic acids is 1. The van der Waals surface area contributed by atoms with E-state index in [0.717, 1.165) is 31.5 Å². The predicted molar refractivity (Wildman–Crippen MR) is 87.0 cm³/mol. The zero-order valence-corrected chi connectivity index (χ0v) is 12.9. The van der Waals surface area contributed by atoms with Crippen LogP contribution in [0.2, 0.25) is 0 Å². The van der Waals surface area contributed by atoms with E-state index in [4.69, 9.17) is 6.42 Å². The van der Waals surface area contributed by atoms with Crippen molar-refractivity contribution in [1.82, 2.24) is 10.2 Å². The van der Waals surface area contributed by atoms with Crippen LogP contribution < -0.4 is 5.32 Å². The Morgan fingerprint density at radius 2 is 2.05 bits per heavy atom. The van der Waals surface area contributed by atoms with Crippen molar-refractivity contribution >= 4 is 5.91 Å². The molecule has 1 saturated heterocycles. The van der Waals surface area contributed by atoms with Crippen LogP contribution in [0.25, 0.3) is 0 Å². The SMILES string of the molecule is C#CCN1CCC(C(=O)NC(CCO)c2ccccc2)CC1. The minimum absolute atomic E-state index is 0.0407. The summed E-state index contributed by atoms with van der Waals surface area (Å²) in [5, 5.41) is 12.3. The summed E-state index contributed by atoms with van der Waals surface area (Å²) in [6.45, 7) is 2.46. The summed E-state index contributed by atoms with van der Waals surface area (Å²) < 4.78 is 0. The largest absolute Gasteiger partial charge is 0.396 e. The van der Waals surface area contributed by atoms with Gasteiger partial charge in [0.25, 0.3) is 0 Å². The molecule has 118 valence electrons. The van der Waals surface area contributed by atoms with Gasteiger partial charge in [-0.05, 0) is 37.9 Å². The van der Waals surface area contributed by atoms with Crippen molar-refractivity contribution in [3.05, 3.63) is 35.9 Å². The molecule has 1 aromatic carbocycles. The number of hydrogen-bond acceptors (Lipinski definition) is 3. The zero-order chi connectivity index (χ0) is 15.8. The summed E-state index contributed by atoms with van der Waals surface area (Å²) in [6.07, 6.45) is 7.54. The number of terminal acetylenes is 1. The first-order valence-corrected chi connectivity index (χ1v) is 7.86. The van der Waals surface area contributed by atoms with Crippen LogP contribution in [0.1, 0.15) is 30.9 Å². The maximum atomic E-state index is 12.5. The maximum Gasteiger partial charge on any atom is 0.223 e. The molecule has 1 amide bonds. The lowest BCUT2D eigenvalue weighted by Crippen LogP contribution is -2.41. The Balaban J connectivity index is 1.91. The van der Waals surface area contributed by atoms with E-state index in [9.17, 15) is 9.90 Å². The number of piperidine rings is 1. The van der Waals surface area contributed by atoms with Crippen LogP contribution in [0.3, 0.4) is 0 Å². The van der Waals surface area contributed by atoms with Crippen molar-refractivity contribution in [3.63, 3.8) is 0 Å². The second-order valence-electron chi connectivity index (χ2n) is 5.74. The highest BCUT2D eigenvalue weighted by Gasteiger charge is 2.26. The third-order valence-electron chi connectivity index (χ3n) is 4.21. The van der Waals surface area contributed by atoms with Gasteiger partial charge in [0.15, 0.2) is 0 Å². The van der Waals surface area contributed by atoms with E-state index in [1.807, 2.05) is 30.3 Å². The Morgan fingerprint density at radius 3 is 2.64 bits per heavy atom. The molecule has 1 aliphatic heterocycles. The Labute approximate surface area is 132 Å². The Morgan fingerprint density at radius 1 is 1.36 bits per heavy atom. The molecule has 1 unspecified atom stereocenters. The van der Waals surface area contributed by atoms with Gasteiger partial charge in [-0.2, -0.15) is 0 Å². The summed E-state index contributed by atoms with van der Waals surface area (Å²) in [5.41, 5.74) is 1.04. The minimum atomic E-state index is -0.123. The van der Waals surface area contributed by atoms with Crippen molar-refractivity contribution in [2.45, 2.75) is 25.3 Å². The van der Waals surface area contributed by atoms with E-state index >= 15 is 0 Å². The van der Waals surface area contributed by atoms with E-state index < -0.39 is 0 Å². The fourth-order valence-electron chi connectivity index (χ4n) is 2.91. The van der Waals surface area contributed by atoms with Crippen LogP contribution in [-0.2, 0) is 4.79 Å². The molecule has 2 N–H and O–H groups in total. The number of nitrogens with zero attached hydrogens (tertiary/aromatic N) is 1. The highest BCUT2D eigenvalue weighted by atomic mass is 16.3.